The lowest BCUT2D eigenvalue weighted by Gasteiger charge is -2.25. The van der Waals surface area contributed by atoms with Gasteiger partial charge in [-0.05, 0) is 104 Å². The maximum atomic E-state index is 11.3. The fourth-order valence-corrected chi connectivity index (χ4v) is 5.61. The highest BCUT2D eigenvalue weighted by molar-refractivity contribution is 8.18. The third kappa shape index (κ3) is 11.5. The average Bonchev–Trinajstić information content (AvgIpc) is 2.67. The molecule has 0 saturated carbocycles. The fraction of sp³-hybridized carbons (Fsp3) is 0.536. The van der Waals surface area contributed by atoms with Crippen molar-refractivity contribution in [3.05, 3.63) is 58.2 Å². The molecule has 32 heavy (non-hydrogen) atoms. The summed E-state index contributed by atoms with van der Waals surface area (Å²) in [4.78, 5) is 12.5. The Kier molecular flexibility index (Phi) is 12.5. The van der Waals surface area contributed by atoms with Gasteiger partial charge in [0.15, 0.2) is 0 Å². The van der Waals surface area contributed by atoms with E-state index in [9.17, 15) is 4.79 Å². The number of rotatable bonds is 12. The van der Waals surface area contributed by atoms with Crippen molar-refractivity contribution in [2.45, 2.75) is 97.0 Å². The Morgan fingerprint density at radius 1 is 0.906 bits per heavy atom. The van der Waals surface area contributed by atoms with Crippen LogP contribution >= 0.6 is 23.5 Å². The van der Waals surface area contributed by atoms with E-state index in [4.69, 9.17) is 4.74 Å². The molecule has 0 unspecified atom stereocenters. The summed E-state index contributed by atoms with van der Waals surface area (Å²) in [5.41, 5.74) is 6.57. The summed E-state index contributed by atoms with van der Waals surface area (Å²) in [6, 6.07) is 3.98. The second-order valence-corrected chi connectivity index (χ2v) is 12.7. The first-order valence-electron chi connectivity index (χ1n) is 11.5. The van der Waals surface area contributed by atoms with Crippen LogP contribution in [0.15, 0.2) is 52.0 Å². The smallest absolute Gasteiger partial charge is 0.308 e. The van der Waals surface area contributed by atoms with Crippen molar-refractivity contribution in [3.8, 4) is 5.75 Å². The van der Waals surface area contributed by atoms with E-state index in [0.29, 0.717) is 5.75 Å². The van der Waals surface area contributed by atoms with Crippen LogP contribution in [0, 0.1) is 13.8 Å². The molecule has 0 aliphatic heterocycles. The van der Waals surface area contributed by atoms with Crippen LogP contribution in [0.5, 0.6) is 5.75 Å². The van der Waals surface area contributed by atoms with Crippen LogP contribution in [0.2, 0.25) is 0 Å². The number of thioether (sulfide) groups is 2. The Labute approximate surface area is 205 Å². The van der Waals surface area contributed by atoms with Gasteiger partial charge in [0.25, 0.3) is 0 Å². The predicted molar refractivity (Wildman–Crippen MR) is 145 cm³/mol. The highest BCUT2D eigenvalue weighted by atomic mass is 32.2. The third-order valence-corrected chi connectivity index (χ3v) is 8.07. The van der Waals surface area contributed by atoms with E-state index in [1.807, 2.05) is 36.5 Å². The van der Waals surface area contributed by atoms with Gasteiger partial charge in [-0.25, -0.2) is 0 Å². The molecular weight excluding hydrogens is 432 g/mol. The Bertz CT molecular complexity index is 856. The monoisotopic (exact) mass is 474 g/mol. The number of ether oxygens (including phenoxy) is 1. The molecule has 0 aromatic heterocycles. The van der Waals surface area contributed by atoms with Crippen LogP contribution in [-0.4, -0.2) is 15.8 Å². The average molecular weight is 475 g/mol. The number of carbonyl (C=O) groups excluding carboxylic acids is 1. The van der Waals surface area contributed by atoms with Gasteiger partial charge in [-0.3, -0.25) is 4.79 Å². The molecule has 0 fully saturated rings. The molecule has 0 radical (unpaired) electrons. The Morgan fingerprint density at radius 3 is 2.09 bits per heavy atom. The number of allylic oxidation sites excluding steroid dienone is 5. The quantitative estimate of drug-likeness (QED) is 0.0991. The predicted octanol–water partition coefficient (Wildman–Crippen LogP) is 9.21. The third-order valence-electron chi connectivity index (χ3n) is 5.28. The number of benzene rings is 1. The zero-order valence-corrected chi connectivity index (χ0v) is 23.2. The number of hydrogen-bond donors (Lipinski definition) is 0. The lowest BCUT2D eigenvalue weighted by Crippen LogP contribution is -2.10. The van der Waals surface area contributed by atoms with E-state index in [2.05, 4.69) is 72.8 Å². The molecule has 0 heterocycles. The molecule has 0 amide bonds. The van der Waals surface area contributed by atoms with Crippen LogP contribution in [0.25, 0.3) is 0 Å². The summed E-state index contributed by atoms with van der Waals surface area (Å²) < 4.78 is 5.36. The SMILES string of the molecule is CC(=O)Oc1ccc(SC(C)(C)SC/C=C(\C)CC/C=C(\C)CCC=C(C)C)c(C)c1C. The summed E-state index contributed by atoms with van der Waals surface area (Å²) in [6.45, 7) is 18.9. The number of carbonyl (C=O) groups is 1. The Hall–Kier alpha value is -1.39. The van der Waals surface area contributed by atoms with Crippen molar-refractivity contribution in [2.75, 3.05) is 5.75 Å². The topological polar surface area (TPSA) is 26.3 Å². The Balaban J connectivity index is 2.55. The maximum absolute atomic E-state index is 11.3. The second-order valence-electron chi connectivity index (χ2n) is 9.18. The van der Waals surface area contributed by atoms with Crippen molar-refractivity contribution in [1.29, 1.82) is 0 Å². The maximum Gasteiger partial charge on any atom is 0.308 e. The highest BCUT2D eigenvalue weighted by Gasteiger charge is 2.21. The molecule has 1 rings (SSSR count). The summed E-state index contributed by atoms with van der Waals surface area (Å²) >= 11 is 3.84. The molecule has 0 aliphatic carbocycles. The lowest BCUT2D eigenvalue weighted by atomic mass is 10.1. The van der Waals surface area contributed by atoms with Gasteiger partial charge >= 0.3 is 5.97 Å². The van der Waals surface area contributed by atoms with Gasteiger partial charge in [-0.15, -0.1) is 23.5 Å². The first-order chi connectivity index (χ1) is 14.9. The Morgan fingerprint density at radius 2 is 1.50 bits per heavy atom. The standard InChI is InChI=1S/C28H42O2S2/c1-20(2)12-10-13-21(3)14-11-15-22(4)18-19-31-28(8,9)32-27-17-16-26(30-25(7)29)23(5)24(27)6/h12,14,16-18H,10-11,13,15,19H2,1-9H3/b21-14+,22-18+. The molecule has 1 aromatic rings. The van der Waals surface area contributed by atoms with E-state index >= 15 is 0 Å². The molecule has 0 aliphatic rings. The molecule has 0 atom stereocenters. The minimum Gasteiger partial charge on any atom is -0.426 e. The molecule has 0 N–H and O–H groups in total. The summed E-state index contributed by atoms with van der Waals surface area (Å²) in [5, 5.41) is 0. The van der Waals surface area contributed by atoms with Crippen molar-refractivity contribution in [3.63, 3.8) is 0 Å². The summed E-state index contributed by atoms with van der Waals surface area (Å²) in [5.74, 6) is 1.39. The van der Waals surface area contributed by atoms with Crippen LogP contribution in [-0.2, 0) is 4.79 Å². The minimum absolute atomic E-state index is 0.0539. The zero-order valence-electron chi connectivity index (χ0n) is 21.6. The highest BCUT2D eigenvalue weighted by Crippen LogP contribution is 2.44. The van der Waals surface area contributed by atoms with Gasteiger partial charge < -0.3 is 4.74 Å². The van der Waals surface area contributed by atoms with Crippen LogP contribution in [0.4, 0.5) is 0 Å². The van der Waals surface area contributed by atoms with Gasteiger partial charge in [0.2, 0.25) is 0 Å². The van der Waals surface area contributed by atoms with Crippen LogP contribution in [0.1, 0.15) is 85.3 Å². The lowest BCUT2D eigenvalue weighted by molar-refractivity contribution is -0.131. The largest absolute Gasteiger partial charge is 0.426 e. The van der Waals surface area contributed by atoms with Gasteiger partial charge in [-0.2, -0.15) is 0 Å². The van der Waals surface area contributed by atoms with Crippen LogP contribution in [0.3, 0.4) is 0 Å². The molecule has 178 valence electrons. The van der Waals surface area contributed by atoms with E-state index in [1.54, 1.807) is 0 Å². The molecular formula is C28H42O2S2. The summed E-state index contributed by atoms with van der Waals surface area (Å²) in [7, 11) is 0. The normalized spacial score (nSPS) is 12.7. The van der Waals surface area contributed by atoms with Gasteiger partial charge in [0, 0.05) is 17.6 Å². The van der Waals surface area contributed by atoms with Gasteiger partial charge in [0.05, 0.1) is 4.08 Å². The molecule has 1 aromatic carbocycles. The molecule has 0 bridgehead atoms. The number of hydrogen-bond acceptors (Lipinski definition) is 4. The van der Waals surface area contributed by atoms with E-state index < -0.39 is 0 Å². The van der Waals surface area contributed by atoms with E-state index in [-0.39, 0.29) is 10.0 Å². The summed E-state index contributed by atoms with van der Waals surface area (Å²) in [6.07, 6.45) is 11.7. The van der Waals surface area contributed by atoms with E-state index in [0.717, 1.165) is 37.0 Å². The minimum atomic E-state index is -0.277. The van der Waals surface area contributed by atoms with Gasteiger partial charge in [-0.1, -0.05) is 34.9 Å². The van der Waals surface area contributed by atoms with Crippen molar-refractivity contribution >= 4 is 29.5 Å². The molecule has 2 nitrogen and oxygen atoms in total. The van der Waals surface area contributed by atoms with Crippen molar-refractivity contribution < 1.29 is 9.53 Å². The van der Waals surface area contributed by atoms with Gasteiger partial charge in [0.1, 0.15) is 5.75 Å². The molecule has 4 heteroatoms. The van der Waals surface area contributed by atoms with Crippen molar-refractivity contribution in [2.24, 2.45) is 0 Å². The first kappa shape index (κ1) is 28.6. The first-order valence-corrected chi connectivity index (χ1v) is 13.3. The number of esters is 1. The second kappa shape index (κ2) is 14.0. The van der Waals surface area contributed by atoms with E-state index in [1.165, 1.54) is 34.1 Å². The van der Waals surface area contributed by atoms with Crippen molar-refractivity contribution in [1.82, 2.24) is 0 Å². The van der Waals surface area contributed by atoms with Crippen LogP contribution < -0.4 is 4.74 Å². The molecule has 0 saturated heterocycles. The molecule has 0 spiro atoms. The fourth-order valence-electron chi connectivity index (χ4n) is 3.16. The zero-order chi connectivity index (χ0) is 24.3.